The van der Waals surface area contributed by atoms with Gasteiger partial charge in [0.2, 0.25) is 0 Å². The van der Waals surface area contributed by atoms with Crippen LogP contribution >= 0.6 is 11.6 Å². The zero-order valence-electron chi connectivity index (χ0n) is 7.71. The van der Waals surface area contributed by atoms with E-state index in [1.165, 1.54) is 6.42 Å². The number of ketones is 1. The van der Waals surface area contributed by atoms with Gasteiger partial charge in [-0.25, -0.2) is 0 Å². The fraction of sp³-hybridized carbons (Fsp3) is 0.889. The summed E-state index contributed by atoms with van der Waals surface area (Å²) in [5.41, 5.74) is 0. The van der Waals surface area contributed by atoms with Crippen molar-refractivity contribution in [2.75, 3.05) is 12.5 Å². The standard InChI is InChI=1S/C6H10O.C3H7ClO2/c7-6-4-2-1-3-5-6;4-1-3(6)2-5/h1-5H2;3,5-6H,1-2H2. The number of hydrogen-bond donors (Lipinski definition) is 2. The highest BCUT2D eigenvalue weighted by atomic mass is 35.5. The summed E-state index contributed by atoms with van der Waals surface area (Å²) in [4.78, 5) is 10.5. The van der Waals surface area contributed by atoms with Gasteiger partial charge in [-0.3, -0.25) is 4.79 Å². The molecule has 2 N–H and O–H groups in total. The van der Waals surface area contributed by atoms with Crippen LogP contribution in [0.4, 0.5) is 0 Å². The quantitative estimate of drug-likeness (QED) is 0.669. The number of aliphatic hydroxyl groups is 2. The maximum Gasteiger partial charge on any atom is 0.132 e. The Morgan fingerprint density at radius 3 is 2.00 bits per heavy atom. The second-order valence-electron chi connectivity index (χ2n) is 3.09. The molecule has 1 aliphatic rings. The van der Waals surface area contributed by atoms with E-state index >= 15 is 0 Å². The lowest BCUT2D eigenvalue weighted by Crippen LogP contribution is -2.12. The molecule has 1 fully saturated rings. The van der Waals surface area contributed by atoms with Gasteiger partial charge in [0.15, 0.2) is 0 Å². The Balaban J connectivity index is 0.000000226. The van der Waals surface area contributed by atoms with Gasteiger partial charge in [-0.1, -0.05) is 6.42 Å². The third kappa shape index (κ3) is 8.22. The number of hydrogen-bond acceptors (Lipinski definition) is 3. The second-order valence-corrected chi connectivity index (χ2v) is 3.40. The molecule has 0 spiro atoms. The van der Waals surface area contributed by atoms with Crippen molar-refractivity contribution in [2.45, 2.75) is 38.2 Å². The highest BCUT2D eigenvalue weighted by Gasteiger charge is 2.05. The lowest BCUT2D eigenvalue weighted by Gasteiger charge is -2.05. The van der Waals surface area contributed by atoms with Crippen LogP contribution in [0, 0.1) is 0 Å². The summed E-state index contributed by atoms with van der Waals surface area (Å²) >= 11 is 5.04. The first kappa shape index (κ1) is 12.9. The minimum atomic E-state index is -0.744. The van der Waals surface area contributed by atoms with Gasteiger partial charge in [0.05, 0.1) is 18.6 Å². The molecule has 1 saturated carbocycles. The Hall–Kier alpha value is -0.120. The van der Waals surface area contributed by atoms with Gasteiger partial charge in [0.25, 0.3) is 0 Å². The highest BCUT2D eigenvalue weighted by Crippen LogP contribution is 2.12. The molecule has 0 aromatic heterocycles. The fourth-order valence-electron chi connectivity index (χ4n) is 0.995. The van der Waals surface area contributed by atoms with Crippen LogP contribution < -0.4 is 0 Å². The van der Waals surface area contributed by atoms with Gasteiger partial charge in [-0.15, -0.1) is 11.6 Å². The topological polar surface area (TPSA) is 57.5 Å². The first-order chi connectivity index (χ1) is 6.20. The third-order valence-electron chi connectivity index (χ3n) is 1.80. The van der Waals surface area contributed by atoms with Crippen molar-refractivity contribution in [1.29, 1.82) is 0 Å². The summed E-state index contributed by atoms with van der Waals surface area (Å²) in [6.07, 6.45) is 4.50. The third-order valence-corrected chi connectivity index (χ3v) is 2.16. The van der Waals surface area contributed by atoms with Crippen LogP contribution in [0.15, 0.2) is 0 Å². The molecular weight excluding hydrogens is 192 g/mol. The summed E-state index contributed by atoms with van der Waals surface area (Å²) in [5.74, 6) is 0.572. The monoisotopic (exact) mass is 208 g/mol. The van der Waals surface area contributed by atoms with E-state index in [0.29, 0.717) is 5.78 Å². The number of carbonyl (C=O) groups is 1. The van der Waals surface area contributed by atoms with E-state index in [-0.39, 0.29) is 12.5 Å². The first-order valence-electron chi connectivity index (χ1n) is 4.57. The van der Waals surface area contributed by atoms with E-state index in [0.717, 1.165) is 25.7 Å². The Labute approximate surface area is 83.7 Å². The molecule has 1 aliphatic carbocycles. The zero-order chi connectivity index (χ0) is 10.1. The SMILES string of the molecule is O=C1CCCCC1.OCC(O)CCl. The van der Waals surface area contributed by atoms with Crippen LogP contribution in [0.1, 0.15) is 32.1 Å². The lowest BCUT2D eigenvalue weighted by molar-refractivity contribution is -0.120. The molecule has 78 valence electrons. The number of alkyl halides is 1. The van der Waals surface area contributed by atoms with Crippen LogP contribution in [0.2, 0.25) is 0 Å². The van der Waals surface area contributed by atoms with Gasteiger partial charge in [-0.05, 0) is 12.8 Å². The molecule has 0 bridgehead atoms. The van der Waals surface area contributed by atoms with Crippen LogP contribution in [-0.4, -0.2) is 34.6 Å². The number of Topliss-reactive ketones (excluding diaryl/α,β-unsaturated/α-hetero) is 1. The Bertz CT molecular complexity index is 127. The average molecular weight is 209 g/mol. The van der Waals surface area contributed by atoms with E-state index < -0.39 is 6.10 Å². The fourth-order valence-corrected chi connectivity index (χ4v) is 1.09. The summed E-state index contributed by atoms with van der Waals surface area (Å²) in [6.45, 7) is -0.247. The van der Waals surface area contributed by atoms with Crippen molar-refractivity contribution < 1.29 is 15.0 Å². The second kappa shape index (κ2) is 8.48. The maximum atomic E-state index is 10.5. The van der Waals surface area contributed by atoms with Gasteiger partial charge < -0.3 is 10.2 Å². The number of halogens is 1. The predicted octanol–water partition coefficient (Wildman–Crippen LogP) is 1.10. The Morgan fingerprint density at radius 1 is 1.31 bits per heavy atom. The zero-order valence-corrected chi connectivity index (χ0v) is 8.46. The summed E-state index contributed by atoms with van der Waals surface area (Å²) in [7, 11) is 0. The minimum Gasteiger partial charge on any atom is -0.394 e. The lowest BCUT2D eigenvalue weighted by atomic mass is 10.00. The number of rotatable bonds is 2. The van der Waals surface area contributed by atoms with Gasteiger partial charge >= 0.3 is 0 Å². The van der Waals surface area contributed by atoms with E-state index in [1.807, 2.05) is 0 Å². The molecule has 0 amide bonds. The molecule has 13 heavy (non-hydrogen) atoms. The van der Waals surface area contributed by atoms with Crippen LogP contribution in [-0.2, 0) is 4.79 Å². The van der Waals surface area contributed by atoms with Gasteiger partial charge in [0, 0.05) is 12.8 Å². The molecule has 0 saturated heterocycles. The summed E-state index contributed by atoms with van der Waals surface area (Å²) < 4.78 is 0. The van der Waals surface area contributed by atoms with E-state index in [1.54, 1.807) is 0 Å². The van der Waals surface area contributed by atoms with Crippen molar-refractivity contribution in [2.24, 2.45) is 0 Å². The van der Waals surface area contributed by atoms with Gasteiger partial charge in [0.1, 0.15) is 5.78 Å². The molecule has 0 aromatic carbocycles. The van der Waals surface area contributed by atoms with Crippen molar-refractivity contribution in [3.63, 3.8) is 0 Å². The maximum absolute atomic E-state index is 10.5. The van der Waals surface area contributed by atoms with E-state index in [4.69, 9.17) is 21.8 Å². The molecule has 3 nitrogen and oxygen atoms in total. The normalized spacial score (nSPS) is 18.8. The average Bonchev–Trinajstić information content (AvgIpc) is 2.19. The van der Waals surface area contributed by atoms with Gasteiger partial charge in [-0.2, -0.15) is 0 Å². The molecule has 1 unspecified atom stereocenters. The van der Waals surface area contributed by atoms with Crippen molar-refractivity contribution in [1.82, 2.24) is 0 Å². The largest absolute Gasteiger partial charge is 0.394 e. The Kier molecular flexibility index (Phi) is 8.40. The number of aliphatic hydroxyl groups excluding tert-OH is 2. The molecule has 0 radical (unpaired) electrons. The molecule has 0 heterocycles. The molecule has 1 atom stereocenters. The van der Waals surface area contributed by atoms with Crippen LogP contribution in [0.3, 0.4) is 0 Å². The molecule has 0 aromatic rings. The van der Waals surface area contributed by atoms with Crippen molar-refractivity contribution in [3.8, 4) is 0 Å². The highest BCUT2D eigenvalue weighted by molar-refractivity contribution is 6.18. The molecule has 1 rings (SSSR count). The van der Waals surface area contributed by atoms with Crippen LogP contribution in [0.5, 0.6) is 0 Å². The molecule has 4 heteroatoms. The van der Waals surface area contributed by atoms with Crippen LogP contribution in [0.25, 0.3) is 0 Å². The van der Waals surface area contributed by atoms with E-state index in [9.17, 15) is 4.79 Å². The molecule has 0 aliphatic heterocycles. The molecular formula is C9H17ClO3. The first-order valence-corrected chi connectivity index (χ1v) is 5.10. The minimum absolute atomic E-state index is 0.108. The summed E-state index contributed by atoms with van der Waals surface area (Å²) in [5, 5.41) is 16.3. The van der Waals surface area contributed by atoms with E-state index in [2.05, 4.69) is 0 Å². The van der Waals surface area contributed by atoms with Crippen molar-refractivity contribution >= 4 is 17.4 Å². The smallest absolute Gasteiger partial charge is 0.132 e. The van der Waals surface area contributed by atoms with Crippen molar-refractivity contribution in [3.05, 3.63) is 0 Å². The predicted molar refractivity (Wildman–Crippen MR) is 51.9 cm³/mol. The summed E-state index contributed by atoms with van der Waals surface area (Å²) in [6, 6.07) is 0. The Morgan fingerprint density at radius 2 is 1.85 bits per heavy atom. The number of carbonyl (C=O) groups excluding carboxylic acids is 1.